The Morgan fingerprint density at radius 1 is 1.21 bits per heavy atom. The highest BCUT2D eigenvalue weighted by Gasteiger charge is 2.28. The Hall–Kier alpha value is 0.510. The molecule has 0 spiro atoms. The molecule has 0 atom stereocenters. The smallest absolute Gasteiger partial charge is 0.0143 e. The third-order valence-electron chi connectivity index (χ3n) is 2.28. The van der Waals surface area contributed by atoms with Crippen LogP contribution in [-0.2, 0) is 0 Å². The molecule has 0 radical (unpaired) electrons. The van der Waals surface area contributed by atoms with Crippen molar-refractivity contribution in [3.63, 3.8) is 0 Å². The van der Waals surface area contributed by atoms with Crippen LogP contribution in [0.2, 0.25) is 0 Å². The first-order valence-electron chi connectivity index (χ1n) is 5.09. The average molecular weight is 282 g/mol. The standard InChI is InChI=1S/C12H22BrCl/c1-6-10(14)7-11(2,3)8-12(4,5)9-13/h6H,7-9H2,1-5H3/b10-6+. The molecule has 0 aromatic carbocycles. The van der Waals surface area contributed by atoms with Gasteiger partial charge in [0.15, 0.2) is 0 Å². The van der Waals surface area contributed by atoms with E-state index in [9.17, 15) is 0 Å². The zero-order valence-electron chi connectivity index (χ0n) is 9.95. The van der Waals surface area contributed by atoms with Crippen LogP contribution >= 0.6 is 27.5 Å². The molecule has 0 amide bonds. The van der Waals surface area contributed by atoms with Crippen LogP contribution in [0.5, 0.6) is 0 Å². The second-order valence-electron chi connectivity index (χ2n) is 5.55. The van der Waals surface area contributed by atoms with Gasteiger partial charge in [0.25, 0.3) is 0 Å². The molecule has 0 unspecified atom stereocenters. The number of halogens is 2. The van der Waals surface area contributed by atoms with E-state index < -0.39 is 0 Å². The Kier molecular flexibility index (Phi) is 5.76. The lowest BCUT2D eigenvalue weighted by molar-refractivity contribution is 0.219. The minimum Gasteiger partial charge on any atom is -0.0922 e. The van der Waals surface area contributed by atoms with Gasteiger partial charge >= 0.3 is 0 Å². The van der Waals surface area contributed by atoms with Crippen molar-refractivity contribution in [2.75, 3.05) is 5.33 Å². The summed E-state index contributed by atoms with van der Waals surface area (Å²) < 4.78 is 0. The zero-order chi connectivity index (χ0) is 11.4. The molecule has 0 rings (SSSR count). The first-order chi connectivity index (χ1) is 6.22. The van der Waals surface area contributed by atoms with Crippen molar-refractivity contribution in [3.05, 3.63) is 11.1 Å². The Bertz CT molecular complexity index is 204. The van der Waals surface area contributed by atoms with E-state index in [1.807, 2.05) is 13.0 Å². The van der Waals surface area contributed by atoms with Gasteiger partial charge in [-0.1, -0.05) is 61.3 Å². The molecule has 14 heavy (non-hydrogen) atoms. The van der Waals surface area contributed by atoms with Crippen molar-refractivity contribution < 1.29 is 0 Å². The lowest BCUT2D eigenvalue weighted by atomic mass is 9.74. The van der Waals surface area contributed by atoms with E-state index in [0.717, 1.165) is 16.8 Å². The van der Waals surface area contributed by atoms with Crippen LogP contribution in [0.1, 0.15) is 47.5 Å². The fourth-order valence-corrected chi connectivity index (χ4v) is 2.52. The summed E-state index contributed by atoms with van der Waals surface area (Å²) in [6.45, 7) is 11.1. The van der Waals surface area contributed by atoms with E-state index >= 15 is 0 Å². The lowest BCUT2D eigenvalue weighted by Crippen LogP contribution is -2.24. The topological polar surface area (TPSA) is 0 Å². The number of rotatable bonds is 5. The quantitative estimate of drug-likeness (QED) is 0.595. The molecule has 0 heterocycles. The summed E-state index contributed by atoms with van der Waals surface area (Å²) in [5.41, 5.74) is 0.620. The molecule has 0 aromatic heterocycles. The van der Waals surface area contributed by atoms with Crippen LogP contribution in [0.25, 0.3) is 0 Å². The van der Waals surface area contributed by atoms with Crippen LogP contribution in [0.15, 0.2) is 11.1 Å². The molecule has 0 aliphatic carbocycles. The van der Waals surface area contributed by atoms with Gasteiger partial charge in [-0.15, -0.1) is 0 Å². The van der Waals surface area contributed by atoms with Crippen molar-refractivity contribution in [2.24, 2.45) is 10.8 Å². The van der Waals surface area contributed by atoms with E-state index in [2.05, 4.69) is 43.6 Å². The molecule has 0 bridgehead atoms. The summed E-state index contributed by atoms with van der Waals surface area (Å²) in [6, 6.07) is 0. The summed E-state index contributed by atoms with van der Waals surface area (Å²) >= 11 is 9.63. The molecule has 0 aliphatic heterocycles. The maximum atomic E-state index is 6.07. The summed E-state index contributed by atoms with van der Waals surface area (Å²) in [5, 5.41) is 2.01. The maximum Gasteiger partial charge on any atom is 0.0143 e. The van der Waals surface area contributed by atoms with Crippen LogP contribution in [0.4, 0.5) is 0 Å². The number of allylic oxidation sites excluding steroid dienone is 2. The molecule has 0 aliphatic rings. The van der Waals surface area contributed by atoms with Gasteiger partial charge in [-0.25, -0.2) is 0 Å². The molecular weight excluding hydrogens is 259 g/mol. The van der Waals surface area contributed by atoms with Crippen molar-refractivity contribution in [1.29, 1.82) is 0 Å². The molecular formula is C12H22BrCl. The normalized spacial score (nSPS) is 14.6. The second-order valence-corrected chi connectivity index (χ2v) is 6.60. The first kappa shape index (κ1) is 14.5. The highest BCUT2D eigenvalue weighted by atomic mass is 79.9. The van der Waals surface area contributed by atoms with Crippen molar-refractivity contribution in [3.8, 4) is 0 Å². The molecule has 2 heteroatoms. The summed E-state index contributed by atoms with van der Waals surface area (Å²) in [5.74, 6) is 0. The largest absolute Gasteiger partial charge is 0.0922 e. The fraction of sp³-hybridized carbons (Fsp3) is 0.833. The molecule has 0 nitrogen and oxygen atoms in total. The predicted molar refractivity (Wildman–Crippen MR) is 70.2 cm³/mol. The third-order valence-corrected chi connectivity index (χ3v) is 4.15. The first-order valence-corrected chi connectivity index (χ1v) is 6.59. The van der Waals surface area contributed by atoms with Gasteiger partial charge in [-0.3, -0.25) is 0 Å². The van der Waals surface area contributed by atoms with Crippen LogP contribution in [-0.4, -0.2) is 5.33 Å². The van der Waals surface area contributed by atoms with E-state index in [4.69, 9.17) is 11.6 Å². The number of hydrogen-bond acceptors (Lipinski definition) is 0. The van der Waals surface area contributed by atoms with Gasteiger partial charge < -0.3 is 0 Å². The highest BCUT2D eigenvalue weighted by Crippen LogP contribution is 2.39. The van der Waals surface area contributed by atoms with Crippen LogP contribution in [0, 0.1) is 10.8 Å². The van der Waals surface area contributed by atoms with Crippen molar-refractivity contribution in [1.82, 2.24) is 0 Å². The van der Waals surface area contributed by atoms with Crippen LogP contribution in [0.3, 0.4) is 0 Å². The molecule has 0 fully saturated rings. The van der Waals surface area contributed by atoms with Gasteiger partial charge in [-0.05, 0) is 30.6 Å². The summed E-state index contributed by atoms with van der Waals surface area (Å²) in [6.07, 6.45) is 4.14. The lowest BCUT2D eigenvalue weighted by Gasteiger charge is -2.33. The minimum atomic E-state index is 0.279. The van der Waals surface area contributed by atoms with Crippen LogP contribution < -0.4 is 0 Å². The molecule has 84 valence electrons. The van der Waals surface area contributed by atoms with E-state index in [0.29, 0.717) is 5.41 Å². The Labute approximate surface area is 102 Å². The fourth-order valence-electron chi connectivity index (χ4n) is 1.96. The zero-order valence-corrected chi connectivity index (χ0v) is 12.3. The van der Waals surface area contributed by atoms with Gasteiger partial charge in [0.05, 0.1) is 0 Å². The Balaban J connectivity index is 4.34. The van der Waals surface area contributed by atoms with Crippen molar-refractivity contribution >= 4 is 27.5 Å². The minimum absolute atomic E-state index is 0.279. The third kappa shape index (κ3) is 6.08. The SMILES string of the molecule is C/C=C(/Cl)CC(C)(C)CC(C)(C)CBr. The van der Waals surface area contributed by atoms with E-state index in [1.165, 1.54) is 6.42 Å². The molecule has 0 aromatic rings. The highest BCUT2D eigenvalue weighted by molar-refractivity contribution is 9.09. The molecule has 0 saturated heterocycles. The van der Waals surface area contributed by atoms with Gasteiger partial charge in [0, 0.05) is 10.4 Å². The van der Waals surface area contributed by atoms with Gasteiger partial charge in [0.2, 0.25) is 0 Å². The predicted octanol–water partition coefficient (Wildman–Crippen LogP) is 5.36. The Morgan fingerprint density at radius 3 is 2.07 bits per heavy atom. The monoisotopic (exact) mass is 280 g/mol. The molecule has 0 saturated carbocycles. The number of alkyl halides is 1. The molecule has 0 N–H and O–H groups in total. The van der Waals surface area contributed by atoms with Gasteiger partial charge in [-0.2, -0.15) is 0 Å². The number of hydrogen-bond donors (Lipinski definition) is 0. The van der Waals surface area contributed by atoms with E-state index in [1.54, 1.807) is 0 Å². The van der Waals surface area contributed by atoms with Gasteiger partial charge in [0.1, 0.15) is 0 Å². The maximum absolute atomic E-state index is 6.07. The second kappa shape index (κ2) is 5.55. The summed E-state index contributed by atoms with van der Waals surface area (Å²) in [7, 11) is 0. The van der Waals surface area contributed by atoms with Crippen molar-refractivity contribution in [2.45, 2.75) is 47.5 Å². The van der Waals surface area contributed by atoms with E-state index in [-0.39, 0.29) is 5.41 Å². The Morgan fingerprint density at radius 2 is 1.71 bits per heavy atom. The average Bonchev–Trinajstić information content (AvgIpc) is 2.01. The summed E-state index contributed by atoms with van der Waals surface area (Å²) in [4.78, 5) is 0.